The number of ether oxygens (including phenoxy) is 2. The van der Waals surface area contributed by atoms with Gasteiger partial charge in [0.15, 0.2) is 6.04 Å². The Morgan fingerprint density at radius 3 is 2.52 bits per heavy atom. The second kappa shape index (κ2) is 7.97. The number of nitrogens with one attached hydrogen (secondary N) is 1. The largest absolute Gasteiger partial charge is 0.480 e. The summed E-state index contributed by atoms with van der Waals surface area (Å²) in [4.78, 5) is 23.0. The zero-order chi connectivity index (χ0) is 16.7. The minimum Gasteiger partial charge on any atom is -0.480 e. The first kappa shape index (κ1) is 17.3. The molecule has 126 valence electrons. The molecule has 1 fully saturated rings. The Balaban J connectivity index is 1.79. The van der Waals surface area contributed by atoms with Crippen molar-refractivity contribution in [3.63, 3.8) is 0 Å². The lowest BCUT2D eigenvalue weighted by Crippen LogP contribution is -2.46. The van der Waals surface area contributed by atoms with E-state index in [1.807, 2.05) is 37.3 Å². The predicted molar refractivity (Wildman–Crippen MR) is 84.0 cm³/mol. The van der Waals surface area contributed by atoms with Crippen molar-refractivity contribution in [1.82, 2.24) is 5.32 Å². The first-order valence-corrected chi connectivity index (χ1v) is 7.82. The van der Waals surface area contributed by atoms with E-state index in [1.54, 1.807) is 0 Å². The number of rotatable bonds is 7. The molecule has 0 spiro atoms. The topological polar surface area (TPSA) is 84.9 Å². The number of carbonyl (C=O) groups excluding carboxylic acids is 1. The van der Waals surface area contributed by atoms with Gasteiger partial charge in [-0.2, -0.15) is 0 Å². The Morgan fingerprint density at radius 2 is 1.91 bits per heavy atom. The fourth-order valence-electron chi connectivity index (χ4n) is 2.63. The minimum atomic E-state index is -1.14. The summed E-state index contributed by atoms with van der Waals surface area (Å²) in [6.45, 7) is 2.01. The van der Waals surface area contributed by atoms with Crippen LogP contribution in [-0.4, -0.2) is 35.4 Å². The monoisotopic (exact) mass is 321 g/mol. The third-order valence-corrected chi connectivity index (χ3v) is 4.06. The van der Waals surface area contributed by atoms with Crippen LogP contribution in [0.2, 0.25) is 0 Å². The number of amides is 1. The van der Waals surface area contributed by atoms with Crippen molar-refractivity contribution in [1.29, 1.82) is 0 Å². The maximum absolute atomic E-state index is 11.8. The number of benzene rings is 1. The van der Waals surface area contributed by atoms with Gasteiger partial charge < -0.3 is 19.9 Å². The molecule has 23 heavy (non-hydrogen) atoms. The van der Waals surface area contributed by atoms with E-state index in [2.05, 4.69) is 5.32 Å². The zero-order valence-corrected chi connectivity index (χ0v) is 13.3. The molecule has 0 bridgehead atoms. The predicted octanol–water partition coefficient (Wildman–Crippen LogP) is 2.72. The van der Waals surface area contributed by atoms with Gasteiger partial charge in [-0.15, -0.1) is 0 Å². The van der Waals surface area contributed by atoms with Gasteiger partial charge in [-0.3, -0.25) is 0 Å². The average molecular weight is 321 g/mol. The highest BCUT2D eigenvalue weighted by molar-refractivity contribution is 5.80. The molecule has 1 saturated carbocycles. The molecule has 1 amide bonds. The molecule has 0 heterocycles. The first-order chi connectivity index (χ1) is 11.0. The summed E-state index contributed by atoms with van der Waals surface area (Å²) in [6, 6.07) is 8.08. The Hall–Kier alpha value is -2.08. The molecule has 1 aromatic carbocycles. The SMILES string of the molecule is CC1(OC[C@H](NC(=O)OCc2ccccc2)C(=O)O)CCCC1. The molecule has 0 unspecified atom stereocenters. The van der Waals surface area contributed by atoms with E-state index in [4.69, 9.17) is 9.47 Å². The molecule has 1 aliphatic rings. The Kier molecular flexibility index (Phi) is 5.98. The molecule has 2 rings (SSSR count). The molecule has 0 radical (unpaired) electrons. The summed E-state index contributed by atoms with van der Waals surface area (Å²) >= 11 is 0. The third kappa shape index (κ3) is 5.56. The van der Waals surface area contributed by atoms with Crippen molar-refractivity contribution in [2.45, 2.75) is 50.9 Å². The van der Waals surface area contributed by atoms with Gasteiger partial charge in [0, 0.05) is 0 Å². The maximum Gasteiger partial charge on any atom is 0.408 e. The van der Waals surface area contributed by atoms with Crippen molar-refractivity contribution in [3.05, 3.63) is 35.9 Å². The summed E-state index contributed by atoms with van der Waals surface area (Å²) in [5.41, 5.74) is 0.549. The number of carbonyl (C=O) groups is 2. The van der Waals surface area contributed by atoms with Gasteiger partial charge in [0.25, 0.3) is 0 Å². The highest BCUT2D eigenvalue weighted by Crippen LogP contribution is 2.32. The fraction of sp³-hybridized carbons (Fsp3) is 0.529. The standard InChI is InChI=1S/C17H23NO5/c1-17(9-5-6-10-17)23-12-14(15(19)20)18-16(21)22-11-13-7-3-2-4-8-13/h2-4,7-8,14H,5-6,9-12H2,1H3,(H,18,21)(H,19,20)/t14-/m0/s1. The van der Waals surface area contributed by atoms with Crippen LogP contribution in [0.15, 0.2) is 30.3 Å². The van der Waals surface area contributed by atoms with Crippen LogP contribution >= 0.6 is 0 Å². The van der Waals surface area contributed by atoms with Crippen LogP contribution in [0.1, 0.15) is 38.2 Å². The molecule has 6 nitrogen and oxygen atoms in total. The summed E-state index contributed by atoms with van der Waals surface area (Å²) in [7, 11) is 0. The second-order valence-corrected chi connectivity index (χ2v) is 6.06. The van der Waals surface area contributed by atoms with E-state index in [1.165, 1.54) is 0 Å². The molecule has 2 N–H and O–H groups in total. The molecule has 1 atom stereocenters. The minimum absolute atomic E-state index is 0.0632. The number of carboxylic acid groups (broad SMARTS) is 1. The van der Waals surface area contributed by atoms with E-state index < -0.39 is 18.1 Å². The van der Waals surface area contributed by atoms with Crippen LogP contribution in [0.3, 0.4) is 0 Å². The van der Waals surface area contributed by atoms with Gasteiger partial charge in [0.05, 0.1) is 12.2 Å². The lowest BCUT2D eigenvalue weighted by atomic mass is 10.1. The van der Waals surface area contributed by atoms with E-state index in [0.29, 0.717) is 0 Å². The number of hydrogen-bond acceptors (Lipinski definition) is 4. The lowest BCUT2D eigenvalue weighted by Gasteiger charge is -2.26. The summed E-state index contributed by atoms with van der Waals surface area (Å²) in [5.74, 6) is -1.14. The molecule has 1 aromatic rings. The first-order valence-electron chi connectivity index (χ1n) is 7.82. The van der Waals surface area contributed by atoms with Gasteiger partial charge >= 0.3 is 12.1 Å². The van der Waals surface area contributed by atoms with Crippen molar-refractivity contribution in [3.8, 4) is 0 Å². The molecule has 6 heteroatoms. The molecule has 0 aliphatic heterocycles. The van der Waals surface area contributed by atoms with Crippen LogP contribution in [-0.2, 0) is 20.9 Å². The van der Waals surface area contributed by atoms with E-state index >= 15 is 0 Å². The van der Waals surface area contributed by atoms with Crippen LogP contribution in [0.5, 0.6) is 0 Å². The van der Waals surface area contributed by atoms with Gasteiger partial charge in [-0.05, 0) is 25.3 Å². The second-order valence-electron chi connectivity index (χ2n) is 6.06. The maximum atomic E-state index is 11.8. The lowest BCUT2D eigenvalue weighted by molar-refractivity contribution is -0.143. The zero-order valence-electron chi connectivity index (χ0n) is 13.3. The summed E-state index contributed by atoms with van der Waals surface area (Å²) in [6.07, 6.45) is 3.23. The molecule has 0 aromatic heterocycles. The summed E-state index contributed by atoms with van der Waals surface area (Å²) < 4.78 is 10.8. The Bertz CT molecular complexity index is 525. The van der Waals surface area contributed by atoms with Crippen LogP contribution in [0.25, 0.3) is 0 Å². The number of aliphatic carboxylic acids is 1. The van der Waals surface area contributed by atoms with Gasteiger partial charge in [-0.25, -0.2) is 9.59 Å². The van der Waals surface area contributed by atoms with Crippen LogP contribution in [0, 0.1) is 0 Å². The summed E-state index contributed by atoms with van der Waals surface area (Å²) in [5, 5.41) is 11.6. The fourth-order valence-corrected chi connectivity index (χ4v) is 2.63. The van der Waals surface area contributed by atoms with Gasteiger partial charge in [0.2, 0.25) is 0 Å². The van der Waals surface area contributed by atoms with E-state index in [0.717, 1.165) is 31.2 Å². The molecule has 1 aliphatic carbocycles. The number of carboxylic acids is 1. The molecule has 0 saturated heterocycles. The van der Waals surface area contributed by atoms with E-state index in [-0.39, 0.29) is 18.8 Å². The Labute approximate surface area is 135 Å². The van der Waals surface area contributed by atoms with Crippen molar-refractivity contribution in [2.24, 2.45) is 0 Å². The van der Waals surface area contributed by atoms with Crippen LogP contribution < -0.4 is 5.32 Å². The highest BCUT2D eigenvalue weighted by Gasteiger charge is 2.32. The van der Waals surface area contributed by atoms with Crippen molar-refractivity contribution >= 4 is 12.1 Å². The van der Waals surface area contributed by atoms with Crippen molar-refractivity contribution in [2.75, 3.05) is 6.61 Å². The van der Waals surface area contributed by atoms with Gasteiger partial charge in [-0.1, -0.05) is 43.2 Å². The highest BCUT2D eigenvalue weighted by atomic mass is 16.6. The number of alkyl carbamates (subject to hydrolysis) is 1. The average Bonchev–Trinajstić information content (AvgIpc) is 2.97. The van der Waals surface area contributed by atoms with Gasteiger partial charge in [0.1, 0.15) is 6.61 Å². The quantitative estimate of drug-likeness (QED) is 0.806. The van der Waals surface area contributed by atoms with E-state index in [9.17, 15) is 14.7 Å². The Morgan fingerprint density at radius 1 is 1.26 bits per heavy atom. The molecular weight excluding hydrogens is 298 g/mol. The number of hydrogen-bond donors (Lipinski definition) is 2. The normalized spacial score (nSPS) is 17.4. The van der Waals surface area contributed by atoms with Crippen LogP contribution in [0.4, 0.5) is 4.79 Å². The smallest absolute Gasteiger partial charge is 0.408 e. The third-order valence-electron chi connectivity index (χ3n) is 4.06. The molecular formula is C17H23NO5. The van der Waals surface area contributed by atoms with Crippen molar-refractivity contribution < 1.29 is 24.2 Å².